The molecule has 1 aliphatic rings. The van der Waals surface area contributed by atoms with Crippen LogP contribution in [0.15, 0.2) is 30.3 Å². The second-order valence-electron chi connectivity index (χ2n) is 6.40. The third-order valence-corrected chi connectivity index (χ3v) is 3.54. The van der Waals surface area contributed by atoms with E-state index in [-0.39, 0.29) is 12.1 Å². The van der Waals surface area contributed by atoms with Crippen LogP contribution in [0.5, 0.6) is 0 Å². The van der Waals surface area contributed by atoms with Gasteiger partial charge in [-0.3, -0.25) is 0 Å². The topological polar surface area (TPSA) is 55.6 Å². The number of nitrogens with two attached hydrogens (primary N) is 1. The third-order valence-electron chi connectivity index (χ3n) is 3.54. The molecule has 110 valence electrons. The maximum atomic E-state index is 12.1. The molecule has 20 heavy (non-hydrogen) atoms. The zero-order valence-corrected chi connectivity index (χ0v) is 12.5. The quantitative estimate of drug-likeness (QED) is 0.858. The largest absolute Gasteiger partial charge is 0.444 e. The van der Waals surface area contributed by atoms with Gasteiger partial charge in [0.25, 0.3) is 0 Å². The minimum absolute atomic E-state index is 0.0429. The maximum absolute atomic E-state index is 12.1. The van der Waals surface area contributed by atoms with Gasteiger partial charge in [0, 0.05) is 25.0 Å². The molecule has 1 aromatic carbocycles. The van der Waals surface area contributed by atoms with Crippen molar-refractivity contribution in [1.29, 1.82) is 0 Å². The van der Waals surface area contributed by atoms with E-state index < -0.39 is 5.60 Å². The van der Waals surface area contributed by atoms with E-state index in [1.165, 1.54) is 5.56 Å². The highest BCUT2D eigenvalue weighted by molar-refractivity contribution is 5.68. The Labute approximate surface area is 120 Å². The van der Waals surface area contributed by atoms with Crippen molar-refractivity contribution in [2.75, 3.05) is 13.1 Å². The van der Waals surface area contributed by atoms with E-state index in [1.54, 1.807) is 4.90 Å². The van der Waals surface area contributed by atoms with Crippen LogP contribution in [-0.2, 0) is 4.74 Å². The number of hydrogen-bond donors (Lipinski definition) is 1. The van der Waals surface area contributed by atoms with E-state index in [2.05, 4.69) is 12.1 Å². The third kappa shape index (κ3) is 3.73. The van der Waals surface area contributed by atoms with Crippen molar-refractivity contribution >= 4 is 6.09 Å². The second kappa shape index (κ2) is 5.83. The van der Waals surface area contributed by atoms with E-state index in [9.17, 15) is 4.79 Å². The molecular weight excluding hydrogens is 252 g/mol. The minimum atomic E-state index is -0.461. The van der Waals surface area contributed by atoms with Crippen molar-refractivity contribution < 1.29 is 9.53 Å². The standard InChI is InChI=1S/C16H24N2O2/c1-16(2,3)20-15(19)18-10-9-13(14(17)11-18)12-7-5-4-6-8-12/h4-8,13-14H,9-11,17H2,1-3H3/t13-,14-/m0/s1. The number of benzene rings is 1. The molecule has 0 bridgehead atoms. The van der Waals surface area contributed by atoms with Crippen LogP contribution in [0.25, 0.3) is 0 Å². The molecule has 4 heteroatoms. The molecule has 2 N–H and O–H groups in total. The molecular formula is C16H24N2O2. The van der Waals surface area contributed by atoms with Gasteiger partial charge in [0.05, 0.1) is 0 Å². The first-order chi connectivity index (χ1) is 9.37. The SMILES string of the molecule is CC(C)(C)OC(=O)N1CC[C@@H](c2ccccc2)[C@@H](N)C1. The molecule has 1 aromatic rings. The Balaban J connectivity index is 1.97. The molecule has 2 atom stereocenters. The Morgan fingerprint density at radius 2 is 1.95 bits per heavy atom. The molecule has 0 unspecified atom stereocenters. The van der Waals surface area contributed by atoms with E-state index >= 15 is 0 Å². The highest BCUT2D eigenvalue weighted by atomic mass is 16.6. The smallest absolute Gasteiger partial charge is 0.410 e. The predicted molar refractivity (Wildman–Crippen MR) is 79.6 cm³/mol. The molecule has 1 heterocycles. The van der Waals surface area contributed by atoms with E-state index in [1.807, 2.05) is 39.0 Å². The Morgan fingerprint density at radius 3 is 2.50 bits per heavy atom. The molecule has 0 aromatic heterocycles. The van der Waals surface area contributed by atoms with Crippen LogP contribution in [0.3, 0.4) is 0 Å². The number of nitrogens with zero attached hydrogens (tertiary/aromatic N) is 1. The van der Waals surface area contributed by atoms with E-state index in [0.29, 0.717) is 19.0 Å². The van der Waals surface area contributed by atoms with Crippen LogP contribution < -0.4 is 5.73 Å². The minimum Gasteiger partial charge on any atom is -0.444 e. The first-order valence-electron chi connectivity index (χ1n) is 7.15. The number of piperidine rings is 1. The average Bonchev–Trinajstić information content (AvgIpc) is 2.37. The molecule has 1 amide bonds. The molecule has 0 spiro atoms. The first-order valence-corrected chi connectivity index (χ1v) is 7.15. The lowest BCUT2D eigenvalue weighted by Crippen LogP contribution is -2.50. The van der Waals surface area contributed by atoms with Gasteiger partial charge in [-0.1, -0.05) is 30.3 Å². The van der Waals surface area contributed by atoms with Gasteiger partial charge in [0.2, 0.25) is 0 Å². The number of ether oxygens (including phenoxy) is 1. The fourth-order valence-corrected chi connectivity index (χ4v) is 2.59. The van der Waals surface area contributed by atoms with Gasteiger partial charge in [0.1, 0.15) is 5.60 Å². The Bertz CT molecular complexity index is 453. The maximum Gasteiger partial charge on any atom is 0.410 e. The van der Waals surface area contributed by atoms with Gasteiger partial charge in [-0.15, -0.1) is 0 Å². The van der Waals surface area contributed by atoms with Gasteiger partial charge in [-0.25, -0.2) is 4.79 Å². The van der Waals surface area contributed by atoms with Crippen LogP contribution in [-0.4, -0.2) is 35.7 Å². The average molecular weight is 276 g/mol. The molecule has 1 aliphatic heterocycles. The zero-order valence-electron chi connectivity index (χ0n) is 12.5. The summed E-state index contributed by atoms with van der Waals surface area (Å²) in [6.45, 7) is 6.88. The van der Waals surface area contributed by atoms with Crippen LogP contribution in [0.4, 0.5) is 4.79 Å². The monoisotopic (exact) mass is 276 g/mol. The number of hydrogen-bond acceptors (Lipinski definition) is 3. The summed E-state index contributed by atoms with van der Waals surface area (Å²) in [5, 5.41) is 0. The lowest BCUT2D eigenvalue weighted by atomic mass is 9.86. The summed E-state index contributed by atoms with van der Waals surface area (Å²) in [5.74, 6) is 0.315. The van der Waals surface area contributed by atoms with Crippen LogP contribution in [0.2, 0.25) is 0 Å². The van der Waals surface area contributed by atoms with Gasteiger partial charge in [-0.2, -0.15) is 0 Å². The zero-order chi connectivity index (χ0) is 14.8. The number of amides is 1. The Morgan fingerprint density at radius 1 is 1.30 bits per heavy atom. The normalized spacial score (nSPS) is 23.5. The number of likely N-dealkylation sites (tertiary alicyclic amines) is 1. The van der Waals surface area contributed by atoms with Crippen LogP contribution >= 0.6 is 0 Å². The van der Waals surface area contributed by atoms with Gasteiger partial charge in [0.15, 0.2) is 0 Å². The fraction of sp³-hybridized carbons (Fsp3) is 0.562. The van der Waals surface area contributed by atoms with E-state index in [4.69, 9.17) is 10.5 Å². The number of carbonyl (C=O) groups excluding carboxylic acids is 1. The van der Waals surface area contributed by atoms with Crippen LogP contribution in [0.1, 0.15) is 38.7 Å². The molecule has 0 aliphatic carbocycles. The van der Waals surface area contributed by atoms with Gasteiger partial charge in [-0.05, 0) is 32.8 Å². The molecule has 1 fully saturated rings. The second-order valence-corrected chi connectivity index (χ2v) is 6.40. The summed E-state index contributed by atoms with van der Waals surface area (Å²) < 4.78 is 5.40. The van der Waals surface area contributed by atoms with Crippen molar-refractivity contribution in [1.82, 2.24) is 4.90 Å². The van der Waals surface area contributed by atoms with E-state index in [0.717, 1.165) is 6.42 Å². The summed E-state index contributed by atoms with van der Waals surface area (Å²) >= 11 is 0. The first kappa shape index (κ1) is 14.9. The van der Waals surface area contributed by atoms with Crippen molar-refractivity contribution in [3.63, 3.8) is 0 Å². The van der Waals surface area contributed by atoms with Crippen molar-refractivity contribution in [2.24, 2.45) is 5.73 Å². The Kier molecular flexibility index (Phi) is 4.33. The molecule has 1 saturated heterocycles. The number of carbonyl (C=O) groups is 1. The molecule has 0 radical (unpaired) electrons. The lowest BCUT2D eigenvalue weighted by Gasteiger charge is -2.37. The summed E-state index contributed by atoms with van der Waals surface area (Å²) in [7, 11) is 0. The fourth-order valence-electron chi connectivity index (χ4n) is 2.59. The van der Waals surface area contributed by atoms with Crippen molar-refractivity contribution in [3.05, 3.63) is 35.9 Å². The highest BCUT2D eigenvalue weighted by Crippen LogP contribution is 2.27. The number of rotatable bonds is 1. The van der Waals surface area contributed by atoms with Crippen LogP contribution in [0, 0.1) is 0 Å². The summed E-state index contributed by atoms with van der Waals surface area (Å²) in [6, 6.07) is 10.2. The summed E-state index contributed by atoms with van der Waals surface area (Å²) in [5.41, 5.74) is 7.05. The summed E-state index contributed by atoms with van der Waals surface area (Å²) in [4.78, 5) is 13.8. The molecule has 2 rings (SSSR count). The highest BCUT2D eigenvalue weighted by Gasteiger charge is 2.32. The van der Waals surface area contributed by atoms with Gasteiger partial charge < -0.3 is 15.4 Å². The predicted octanol–water partition coefficient (Wildman–Crippen LogP) is 2.74. The molecule has 0 saturated carbocycles. The lowest BCUT2D eigenvalue weighted by molar-refractivity contribution is 0.0186. The van der Waals surface area contributed by atoms with Gasteiger partial charge >= 0.3 is 6.09 Å². The molecule has 4 nitrogen and oxygen atoms in total. The summed E-state index contributed by atoms with van der Waals surface area (Å²) in [6.07, 6.45) is 0.615. The Hall–Kier alpha value is -1.55. The van der Waals surface area contributed by atoms with Crippen molar-refractivity contribution in [2.45, 2.75) is 44.8 Å². The van der Waals surface area contributed by atoms with Crippen molar-refractivity contribution in [3.8, 4) is 0 Å².